The van der Waals surface area contributed by atoms with Gasteiger partial charge < -0.3 is 15.2 Å². The first-order valence-electron chi connectivity index (χ1n) is 6.52. The van der Waals surface area contributed by atoms with Gasteiger partial charge in [0.15, 0.2) is 11.5 Å². The Kier molecular flexibility index (Phi) is 4.35. The van der Waals surface area contributed by atoms with Gasteiger partial charge in [-0.25, -0.2) is 0 Å². The van der Waals surface area contributed by atoms with Gasteiger partial charge >= 0.3 is 0 Å². The molecule has 20 heavy (non-hydrogen) atoms. The smallest absolute Gasteiger partial charge is 0.160 e. The molecule has 0 saturated heterocycles. The minimum atomic E-state index is -0.377. The van der Waals surface area contributed by atoms with Crippen molar-refractivity contribution in [2.24, 2.45) is 5.73 Å². The number of rotatable bonds is 5. The zero-order valence-electron chi connectivity index (χ0n) is 12.4. The molecule has 2 aromatic rings. The molecule has 1 atom stereocenters. The van der Waals surface area contributed by atoms with E-state index in [1.165, 1.54) is 10.4 Å². The molecular weight excluding hydrogens is 270 g/mol. The Labute approximate surface area is 124 Å². The van der Waals surface area contributed by atoms with Crippen LogP contribution >= 0.6 is 11.3 Å². The van der Waals surface area contributed by atoms with Crippen molar-refractivity contribution in [3.05, 3.63) is 45.6 Å². The fourth-order valence-electron chi connectivity index (χ4n) is 2.45. The van der Waals surface area contributed by atoms with Crippen molar-refractivity contribution in [3.63, 3.8) is 0 Å². The quantitative estimate of drug-likeness (QED) is 0.917. The molecule has 0 amide bonds. The topological polar surface area (TPSA) is 44.5 Å². The van der Waals surface area contributed by atoms with E-state index in [0.717, 1.165) is 23.5 Å². The van der Waals surface area contributed by atoms with E-state index >= 15 is 0 Å². The van der Waals surface area contributed by atoms with E-state index in [9.17, 15) is 0 Å². The Hall–Kier alpha value is -1.52. The molecule has 0 spiro atoms. The molecule has 0 aliphatic rings. The summed E-state index contributed by atoms with van der Waals surface area (Å²) in [6, 6.07) is 8.06. The molecule has 3 nitrogen and oxygen atoms in total. The van der Waals surface area contributed by atoms with E-state index in [1.807, 2.05) is 18.2 Å². The van der Waals surface area contributed by atoms with Crippen molar-refractivity contribution in [2.75, 3.05) is 14.2 Å². The third kappa shape index (κ3) is 2.97. The zero-order valence-corrected chi connectivity index (χ0v) is 13.2. The van der Waals surface area contributed by atoms with Crippen molar-refractivity contribution in [2.45, 2.75) is 25.8 Å². The molecule has 0 aliphatic carbocycles. The number of hydrogen-bond donors (Lipinski definition) is 1. The highest BCUT2D eigenvalue weighted by molar-refractivity contribution is 7.10. The van der Waals surface area contributed by atoms with Gasteiger partial charge in [0.05, 0.1) is 19.8 Å². The largest absolute Gasteiger partial charge is 0.493 e. The maximum atomic E-state index is 6.52. The summed E-state index contributed by atoms with van der Waals surface area (Å²) in [4.78, 5) is 1.23. The van der Waals surface area contributed by atoms with E-state index in [2.05, 4.69) is 25.3 Å². The van der Waals surface area contributed by atoms with Crippen molar-refractivity contribution < 1.29 is 9.47 Å². The fourth-order valence-corrected chi connectivity index (χ4v) is 3.46. The third-order valence-electron chi connectivity index (χ3n) is 3.40. The van der Waals surface area contributed by atoms with Crippen LogP contribution in [0.3, 0.4) is 0 Å². The highest BCUT2D eigenvalue weighted by Gasteiger charge is 2.25. The van der Waals surface area contributed by atoms with Crippen LogP contribution in [0, 0.1) is 6.92 Å². The molecule has 2 rings (SSSR count). The average molecular weight is 291 g/mol. The molecule has 1 aromatic carbocycles. The van der Waals surface area contributed by atoms with Crippen LogP contribution < -0.4 is 15.2 Å². The Morgan fingerprint density at radius 2 is 1.85 bits per heavy atom. The molecule has 0 saturated carbocycles. The minimum Gasteiger partial charge on any atom is -0.493 e. The van der Waals surface area contributed by atoms with Gasteiger partial charge in [0.1, 0.15) is 0 Å². The van der Waals surface area contributed by atoms with Crippen molar-refractivity contribution >= 4 is 11.3 Å². The number of hydrogen-bond acceptors (Lipinski definition) is 4. The highest BCUT2D eigenvalue weighted by Crippen LogP contribution is 2.33. The van der Waals surface area contributed by atoms with Gasteiger partial charge in [0, 0.05) is 4.88 Å². The average Bonchev–Trinajstić information content (AvgIpc) is 2.85. The van der Waals surface area contributed by atoms with Gasteiger partial charge in [0.2, 0.25) is 0 Å². The summed E-state index contributed by atoms with van der Waals surface area (Å²) in [5.74, 6) is 1.48. The van der Waals surface area contributed by atoms with Crippen LogP contribution in [0.4, 0.5) is 0 Å². The second kappa shape index (κ2) is 5.85. The second-order valence-electron chi connectivity index (χ2n) is 5.22. The van der Waals surface area contributed by atoms with Gasteiger partial charge in [-0.3, -0.25) is 0 Å². The summed E-state index contributed by atoms with van der Waals surface area (Å²) < 4.78 is 10.6. The van der Waals surface area contributed by atoms with E-state index < -0.39 is 0 Å². The molecule has 0 fully saturated rings. The van der Waals surface area contributed by atoms with Crippen molar-refractivity contribution in [1.82, 2.24) is 0 Å². The Morgan fingerprint density at radius 3 is 2.40 bits per heavy atom. The first-order chi connectivity index (χ1) is 9.47. The van der Waals surface area contributed by atoms with Crippen LogP contribution in [0.15, 0.2) is 29.6 Å². The van der Waals surface area contributed by atoms with Crippen molar-refractivity contribution in [3.8, 4) is 11.5 Å². The molecule has 1 unspecified atom stereocenters. The summed E-state index contributed by atoms with van der Waals surface area (Å²) in [7, 11) is 3.28. The van der Waals surface area contributed by atoms with E-state index in [-0.39, 0.29) is 5.54 Å². The molecule has 1 heterocycles. The van der Waals surface area contributed by atoms with Crippen LogP contribution in [-0.2, 0) is 12.0 Å². The maximum Gasteiger partial charge on any atom is 0.160 e. The first-order valence-corrected chi connectivity index (χ1v) is 7.40. The number of ether oxygens (including phenoxy) is 2. The molecule has 4 heteroatoms. The Bertz CT molecular complexity index is 590. The lowest BCUT2D eigenvalue weighted by molar-refractivity contribution is 0.354. The standard InChI is InChI=1S/C16H21NO2S/c1-11-7-8-20-15(11)16(2,17)10-12-5-6-13(18-3)14(9-12)19-4/h5-9H,10,17H2,1-4H3. The Morgan fingerprint density at radius 1 is 1.15 bits per heavy atom. The van der Waals surface area contributed by atoms with Crippen LogP contribution in [0.1, 0.15) is 22.9 Å². The molecule has 1 aromatic heterocycles. The van der Waals surface area contributed by atoms with Crippen LogP contribution in [0.5, 0.6) is 11.5 Å². The van der Waals surface area contributed by atoms with Gasteiger partial charge in [0.25, 0.3) is 0 Å². The van der Waals surface area contributed by atoms with Gasteiger partial charge in [-0.2, -0.15) is 0 Å². The maximum absolute atomic E-state index is 6.52. The molecule has 0 aliphatic heterocycles. The van der Waals surface area contributed by atoms with E-state index in [1.54, 1.807) is 25.6 Å². The summed E-state index contributed by atoms with van der Waals surface area (Å²) >= 11 is 1.71. The molecule has 108 valence electrons. The minimum absolute atomic E-state index is 0.377. The second-order valence-corrected chi connectivity index (χ2v) is 6.13. The number of methoxy groups -OCH3 is 2. The summed E-state index contributed by atoms with van der Waals surface area (Å²) in [6.45, 7) is 4.17. The first kappa shape index (κ1) is 14.9. The number of thiophene rings is 1. The zero-order chi connectivity index (χ0) is 14.8. The summed E-state index contributed by atoms with van der Waals surface area (Å²) in [6.07, 6.45) is 0.759. The summed E-state index contributed by atoms with van der Waals surface area (Å²) in [5, 5.41) is 2.09. The van der Waals surface area contributed by atoms with Crippen LogP contribution in [-0.4, -0.2) is 14.2 Å². The van der Waals surface area contributed by atoms with Gasteiger partial charge in [-0.1, -0.05) is 6.07 Å². The predicted molar refractivity (Wildman–Crippen MR) is 83.8 cm³/mol. The normalized spacial score (nSPS) is 13.8. The molecule has 2 N–H and O–H groups in total. The van der Waals surface area contributed by atoms with Crippen LogP contribution in [0.2, 0.25) is 0 Å². The molecule has 0 radical (unpaired) electrons. The molecular formula is C16H21NO2S. The van der Waals surface area contributed by atoms with Gasteiger partial charge in [-0.15, -0.1) is 11.3 Å². The third-order valence-corrected chi connectivity index (χ3v) is 4.70. The van der Waals surface area contributed by atoms with E-state index in [0.29, 0.717) is 0 Å². The lowest BCUT2D eigenvalue weighted by Gasteiger charge is -2.25. The number of benzene rings is 1. The highest BCUT2D eigenvalue weighted by atomic mass is 32.1. The lowest BCUT2D eigenvalue weighted by atomic mass is 9.90. The monoisotopic (exact) mass is 291 g/mol. The SMILES string of the molecule is COc1ccc(CC(C)(N)c2sccc2C)cc1OC. The number of aryl methyl sites for hydroxylation is 1. The fraction of sp³-hybridized carbons (Fsp3) is 0.375. The van der Waals surface area contributed by atoms with Gasteiger partial charge in [-0.05, 0) is 55.0 Å². The summed E-state index contributed by atoms with van der Waals surface area (Å²) in [5.41, 5.74) is 8.53. The predicted octanol–water partition coefficient (Wildman–Crippen LogP) is 3.49. The lowest BCUT2D eigenvalue weighted by Crippen LogP contribution is -2.35. The molecule has 0 bridgehead atoms. The number of nitrogens with two attached hydrogens (primary N) is 1. The Balaban J connectivity index is 2.27. The van der Waals surface area contributed by atoms with Crippen LogP contribution in [0.25, 0.3) is 0 Å². The van der Waals surface area contributed by atoms with Crippen molar-refractivity contribution in [1.29, 1.82) is 0 Å². The van der Waals surface area contributed by atoms with E-state index in [4.69, 9.17) is 15.2 Å².